The topological polar surface area (TPSA) is 72.4 Å². The van der Waals surface area contributed by atoms with E-state index in [0.29, 0.717) is 6.54 Å². The number of hydrogen-bond donors (Lipinski definition) is 2. The summed E-state index contributed by atoms with van der Waals surface area (Å²) in [5.74, 6) is -1.13. The molecule has 4 nitrogen and oxygen atoms in total. The first-order chi connectivity index (χ1) is 4.20. The molecule has 1 aliphatic heterocycles. The summed E-state index contributed by atoms with van der Waals surface area (Å²) in [5, 5.41) is 21.5. The first kappa shape index (κ1) is 11.0. The van der Waals surface area contributed by atoms with Crippen molar-refractivity contribution in [1.82, 2.24) is 5.32 Å². The maximum absolute atomic E-state index is 10.1. The molecular formula is C5H8KNO3. The van der Waals surface area contributed by atoms with Crippen LogP contribution in [0.25, 0.3) is 0 Å². The van der Waals surface area contributed by atoms with E-state index in [9.17, 15) is 9.90 Å². The van der Waals surface area contributed by atoms with E-state index in [1.54, 1.807) is 0 Å². The normalized spacial score (nSPS) is 31.3. The minimum Gasteiger partial charge on any atom is -0.548 e. The average Bonchev–Trinajstić information content (AvgIpc) is 2.14. The van der Waals surface area contributed by atoms with E-state index in [4.69, 9.17) is 5.11 Å². The van der Waals surface area contributed by atoms with Crippen LogP contribution in [0.3, 0.4) is 0 Å². The summed E-state index contributed by atoms with van der Waals surface area (Å²) in [6.07, 6.45) is -0.254. The fraction of sp³-hybridized carbons (Fsp3) is 0.800. The third-order valence-electron chi connectivity index (χ3n) is 1.39. The molecule has 1 aliphatic rings. The Balaban J connectivity index is 0.000000810. The number of nitrogens with one attached hydrogen (secondary N) is 1. The van der Waals surface area contributed by atoms with Crippen LogP contribution in [0.4, 0.5) is 0 Å². The quantitative estimate of drug-likeness (QED) is 0.384. The summed E-state index contributed by atoms with van der Waals surface area (Å²) in [5.41, 5.74) is 0. The van der Waals surface area contributed by atoms with Gasteiger partial charge in [-0.05, 0) is 6.42 Å². The Labute approximate surface area is 101 Å². The van der Waals surface area contributed by atoms with Gasteiger partial charge in [-0.2, -0.15) is 0 Å². The van der Waals surface area contributed by atoms with Gasteiger partial charge in [-0.1, -0.05) is 0 Å². The van der Waals surface area contributed by atoms with Gasteiger partial charge in [0.25, 0.3) is 0 Å². The summed E-state index contributed by atoms with van der Waals surface area (Å²) < 4.78 is 0. The van der Waals surface area contributed by atoms with E-state index in [1.807, 2.05) is 0 Å². The molecule has 10 heavy (non-hydrogen) atoms. The summed E-state index contributed by atoms with van der Waals surface area (Å²) in [7, 11) is 0. The smallest absolute Gasteiger partial charge is 0.548 e. The Kier molecular flexibility index (Phi) is 5.31. The first-order valence-electron chi connectivity index (χ1n) is 2.82. The van der Waals surface area contributed by atoms with Gasteiger partial charge in [-0.3, -0.25) is 0 Å². The van der Waals surface area contributed by atoms with Crippen LogP contribution < -0.4 is 61.8 Å². The monoisotopic (exact) mass is 169 g/mol. The van der Waals surface area contributed by atoms with Crippen molar-refractivity contribution in [3.05, 3.63) is 0 Å². The van der Waals surface area contributed by atoms with E-state index in [-0.39, 0.29) is 57.8 Å². The number of rotatable bonds is 1. The van der Waals surface area contributed by atoms with Crippen LogP contribution in [0, 0.1) is 0 Å². The molecule has 0 unspecified atom stereocenters. The predicted octanol–water partition coefficient (Wildman–Crippen LogP) is -5.54. The predicted molar refractivity (Wildman–Crippen MR) is 27.4 cm³/mol. The number of aliphatic hydroxyl groups is 1. The maximum Gasteiger partial charge on any atom is 1.00 e. The Morgan fingerprint density at radius 3 is 2.50 bits per heavy atom. The van der Waals surface area contributed by atoms with Gasteiger partial charge in [0.1, 0.15) is 0 Å². The molecule has 52 valence electrons. The molecule has 2 atom stereocenters. The summed E-state index contributed by atoms with van der Waals surface area (Å²) >= 11 is 0. The number of carboxylic acid groups (broad SMARTS) is 1. The molecule has 0 bridgehead atoms. The molecule has 1 rings (SSSR count). The number of hydrogen-bond acceptors (Lipinski definition) is 4. The van der Waals surface area contributed by atoms with Crippen molar-refractivity contribution in [2.24, 2.45) is 0 Å². The fourth-order valence-corrected chi connectivity index (χ4v) is 0.897. The van der Waals surface area contributed by atoms with Gasteiger partial charge in [0, 0.05) is 12.6 Å². The van der Waals surface area contributed by atoms with Crippen molar-refractivity contribution < 1.29 is 66.4 Å². The molecule has 0 aromatic heterocycles. The molecule has 0 radical (unpaired) electrons. The zero-order chi connectivity index (χ0) is 6.85. The van der Waals surface area contributed by atoms with E-state index in [2.05, 4.69) is 5.32 Å². The number of β-amino-alcohol motifs (C(OH)–C–C–N with tert-alkyl or cyclic N) is 1. The first-order valence-corrected chi connectivity index (χ1v) is 2.82. The summed E-state index contributed by atoms with van der Waals surface area (Å²) in [6, 6.07) is -0.653. The van der Waals surface area contributed by atoms with Crippen molar-refractivity contribution in [2.75, 3.05) is 6.54 Å². The van der Waals surface area contributed by atoms with Crippen LogP contribution in [0.1, 0.15) is 6.42 Å². The minimum absolute atomic E-state index is 0. The molecule has 0 aromatic rings. The largest absolute Gasteiger partial charge is 1.00 e. The molecule has 0 amide bonds. The third-order valence-corrected chi connectivity index (χ3v) is 1.39. The standard InChI is InChI=1S/C5H9NO3.K/c7-3-1-4(5(8)9)6-2-3;/h3-4,6-7H,1-2H2,(H,8,9);/q;+1/p-1/t3-,4+;/m1./s1. The van der Waals surface area contributed by atoms with Crippen molar-refractivity contribution in [2.45, 2.75) is 18.6 Å². The van der Waals surface area contributed by atoms with Crippen LogP contribution in [0.5, 0.6) is 0 Å². The van der Waals surface area contributed by atoms with Crippen LogP contribution in [0.15, 0.2) is 0 Å². The second-order valence-corrected chi connectivity index (χ2v) is 2.17. The van der Waals surface area contributed by atoms with Gasteiger partial charge in [-0.15, -0.1) is 0 Å². The Morgan fingerprint density at radius 1 is 1.70 bits per heavy atom. The maximum atomic E-state index is 10.1. The van der Waals surface area contributed by atoms with E-state index >= 15 is 0 Å². The van der Waals surface area contributed by atoms with Gasteiger partial charge >= 0.3 is 51.4 Å². The van der Waals surface area contributed by atoms with Crippen LogP contribution in [-0.2, 0) is 4.79 Å². The molecule has 0 spiro atoms. The molecule has 0 saturated carbocycles. The molecule has 5 heteroatoms. The Bertz CT molecular complexity index is 130. The Hall–Kier alpha value is 1.03. The van der Waals surface area contributed by atoms with Gasteiger partial charge in [0.2, 0.25) is 0 Å². The van der Waals surface area contributed by atoms with Gasteiger partial charge < -0.3 is 20.3 Å². The molecule has 1 saturated heterocycles. The molecule has 0 aliphatic carbocycles. The third kappa shape index (κ3) is 2.96. The second-order valence-electron chi connectivity index (χ2n) is 2.17. The molecule has 2 N–H and O–H groups in total. The molecular weight excluding hydrogens is 161 g/mol. The molecule has 1 heterocycles. The van der Waals surface area contributed by atoms with Crippen molar-refractivity contribution in [3.63, 3.8) is 0 Å². The number of carboxylic acids is 1. The van der Waals surface area contributed by atoms with E-state index < -0.39 is 18.1 Å². The summed E-state index contributed by atoms with van der Waals surface area (Å²) in [4.78, 5) is 10.1. The SMILES string of the molecule is O=C([O-])[C@@H]1C[C@@H](O)CN1.[K+]. The van der Waals surface area contributed by atoms with E-state index in [0.717, 1.165) is 0 Å². The number of carbonyl (C=O) groups is 1. The summed E-state index contributed by atoms with van der Waals surface area (Å²) in [6.45, 7) is 0.360. The van der Waals surface area contributed by atoms with E-state index in [1.165, 1.54) is 0 Å². The van der Waals surface area contributed by atoms with Crippen molar-refractivity contribution in [1.29, 1.82) is 0 Å². The van der Waals surface area contributed by atoms with Crippen LogP contribution in [0.2, 0.25) is 0 Å². The molecule has 0 aromatic carbocycles. The fourth-order valence-electron chi connectivity index (χ4n) is 0.897. The number of aliphatic carboxylic acids is 1. The second kappa shape index (κ2) is 4.81. The van der Waals surface area contributed by atoms with Crippen molar-refractivity contribution >= 4 is 5.97 Å². The molecule has 1 fully saturated rings. The number of carbonyl (C=O) groups excluding carboxylic acids is 1. The van der Waals surface area contributed by atoms with Crippen LogP contribution >= 0.6 is 0 Å². The zero-order valence-corrected chi connectivity index (χ0v) is 8.96. The average molecular weight is 169 g/mol. The van der Waals surface area contributed by atoms with Gasteiger partial charge in [-0.25, -0.2) is 0 Å². The Morgan fingerprint density at radius 2 is 2.30 bits per heavy atom. The number of aliphatic hydroxyl groups excluding tert-OH is 1. The van der Waals surface area contributed by atoms with Gasteiger partial charge in [0.15, 0.2) is 0 Å². The van der Waals surface area contributed by atoms with Crippen LogP contribution in [-0.4, -0.2) is 29.8 Å². The van der Waals surface area contributed by atoms with Crippen molar-refractivity contribution in [3.8, 4) is 0 Å². The zero-order valence-electron chi connectivity index (χ0n) is 5.83. The minimum atomic E-state index is -1.13. The van der Waals surface area contributed by atoms with Gasteiger partial charge in [0.05, 0.1) is 12.1 Å².